The van der Waals surface area contributed by atoms with Gasteiger partial charge in [-0.05, 0) is 129 Å². The first-order chi connectivity index (χ1) is 43.8. The van der Waals surface area contributed by atoms with Gasteiger partial charge in [-0.2, -0.15) is 0 Å². The SMILES string of the molecule is C[Si](C)(c1cc([Si](C)(C)c2ccc(-c3ccc([Si](C)(C)[Si](C)(C)c4ccc(-c5cccs5)s4)s3)s2)cc([Si](C)(C)c2ccc(-c3ccc([Si](C)(C)[Si](C)(C)c4ccc(-c5cccs5)s4)s3)s2)c1)c1ccc(-c2ccc([Si](C)(C)[Si](C)(C)c3ccc(-c4cccs4)s3)s2)s1. The number of thiophene rings is 12. The minimum Gasteiger partial charge on any atom is -0.144 e. The summed E-state index contributed by atoms with van der Waals surface area (Å²) in [6, 6.07) is 66.3. The molecule has 0 amide bonds. The van der Waals surface area contributed by atoms with Crippen molar-refractivity contribution in [3.8, 4) is 58.5 Å². The molecule has 13 aromatic rings. The summed E-state index contributed by atoms with van der Waals surface area (Å²) in [5, 5.41) is 11.4. The lowest BCUT2D eigenvalue weighted by atomic mass is 10.3. The molecule has 12 heterocycles. The van der Waals surface area contributed by atoms with E-state index in [-0.39, 0.29) is 0 Å². The van der Waals surface area contributed by atoms with Crippen molar-refractivity contribution in [3.63, 3.8) is 0 Å². The van der Waals surface area contributed by atoms with E-state index in [0.717, 1.165) is 0 Å². The van der Waals surface area contributed by atoms with Crippen LogP contribution in [0.1, 0.15) is 0 Å². The van der Waals surface area contributed by atoms with Crippen LogP contribution in [0.5, 0.6) is 0 Å². The molecule has 93 heavy (non-hydrogen) atoms. The van der Waals surface area contributed by atoms with E-state index in [0.29, 0.717) is 0 Å². The van der Waals surface area contributed by atoms with Crippen LogP contribution in [-0.4, -0.2) is 69.8 Å². The fraction of sp³-hybridized carbons (Fsp3) is 0.250. The van der Waals surface area contributed by atoms with Crippen LogP contribution in [0.15, 0.2) is 180 Å². The van der Waals surface area contributed by atoms with E-state index in [1.54, 1.807) is 56.1 Å². The number of benzene rings is 1. The van der Waals surface area contributed by atoms with E-state index in [4.69, 9.17) is 0 Å². The molecule has 0 saturated heterocycles. The summed E-state index contributed by atoms with van der Waals surface area (Å²) >= 11 is 24.4. The third-order valence-corrected chi connectivity index (χ3v) is 114. The molecule has 0 aliphatic heterocycles. The summed E-state index contributed by atoms with van der Waals surface area (Å²) in [4.78, 5) is 17.1. The predicted octanol–water partition coefficient (Wildman–Crippen LogP) is 19.7. The van der Waals surface area contributed by atoms with Gasteiger partial charge in [-0.3, -0.25) is 0 Å². The van der Waals surface area contributed by atoms with Crippen LogP contribution in [0.4, 0.5) is 0 Å². The van der Waals surface area contributed by atoms with Gasteiger partial charge in [0.15, 0.2) is 0 Å². The lowest BCUT2D eigenvalue weighted by molar-refractivity contribution is 1.71. The maximum absolute atomic E-state index is 2.74. The van der Waals surface area contributed by atoms with E-state index in [2.05, 4.69) is 400 Å². The van der Waals surface area contributed by atoms with Gasteiger partial charge in [0.2, 0.25) is 0 Å². The predicted molar refractivity (Wildman–Crippen MR) is 465 cm³/mol. The second-order valence-corrected chi connectivity index (χ2v) is 104. The lowest BCUT2D eigenvalue weighted by Gasteiger charge is -2.36. The van der Waals surface area contributed by atoms with Gasteiger partial charge in [-0.1, -0.05) is 224 Å². The summed E-state index contributed by atoms with van der Waals surface area (Å²) in [5.41, 5.74) is 0. The Morgan fingerprint density at radius 2 is 0.344 bits per heavy atom. The average Bonchev–Trinajstić information content (AvgIpc) is 1.66. The van der Waals surface area contributed by atoms with Crippen molar-refractivity contribution in [2.24, 2.45) is 0 Å². The molecule has 0 unspecified atom stereocenters. The normalized spacial score (nSPS) is 13.5. The van der Waals surface area contributed by atoms with Crippen molar-refractivity contribution < 1.29 is 0 Å². The molecule has 0 spiro atoms. The van der Waals surface area contributed by atoms with Crippen molar-refractivity contribution in [1.29, 1.82) is 0 Å². The molecule has 0 saturated carbocycles. The Labute approximate surface area is 610 Å². The van der Waals surface area contributed by atoms with Gasteiger partial charge < -0.3 is 0 Å². The van der Waals surface area contributed by atoms with Crippen LogP contribution < -0.4 is 56.1 Å². The van der Waals surface area contributed by atoms with Gasteiger partial charge in [0.25, 0.3) is 0 Å². The molecule has 0 fully saturated rings. The van der Waals surface area contributed by atoms with E-state index in [9.17, 15) is 0 Å². The van der Waals surface area contributed by atoms with E-state index < -0.39 is 69.8 Å². The first-order valence-corrected chi connectivity index (χ1v) is 72.0. The van der Waals surface area contributed by atoms with E-state index in [1.165, 1.54) is 58.5 Å². The Kier molecular flexibility index (Phi) is 19.0. The molecular weight excluding hydrogens is 1500 g/mol. The Bertz CT molecular complexity index is 4270. The monoisotopic (exact) mass is 1580 g/mol. The van der Waals surface area contributed by atoms with Crippen LogP contribution in [0.25, 0.3) is 58.5 Å². The molecule has 21 heteroatoms. The standard InChI is InChI=1S/C72H84S12Si9/c1-85(2,64-34-25-58(76-64)61-31-40-70(82-61)91(13,14)88(7,8)67-37-28-55(79-67)52-22-19-43-73-52)49-46-50(86(3,4)65-35-26-59(77-65)62-32-41-71(83-62)92(15,16)89(9,10)68-38-29-56(80-68)53-23-20-44-74-53)48-51(47-49)87(5,6)66-36-27-60(78-66)63-33-42-72(84-63)93(17,18)90(11,12)69-39-30-57(81-69)54-24-21-45-75-54/h19-48H,1-18H3. The molecule has 0 aliphatic carbocycles. The summed E-state index contributed by atoms with van der Waals surface area (Å²) in [6.07, 6.45) is 0. The van der Waals surface area contributed by atoms with Crippen molar-refractivity contribution in [2.45, 2.75) is 118 Å². The molecule has 12 aromatic heterocycles. The summed E-state index contributed by atoms with van der Waals surface area (Å²) in [6.45, 7) is 47.9. The highest BCUT2D eigenvalue weighted by Crippen LogP contribution is 2.39. The van der Waals surface area contributed by atoms with E-state index in [1.807, 2.05) is 34.0 Å². The van der Waals surface area contributed by atoms with Gasteiger partial charge >= 0.3 is 0 Å². The molecular formula is C72H84S12Si9. The largest absolute Gasteiger partial charge is 0.144 e. The lowest BCUT2D eigenvalue weighted by Crippen LogP contribution is -2.67. The molecule has 0 bridgehead atoms. The van der Waals surface area contributed by atoms with Gasteiger partial charge in [-0.15, -0.1) is 136 Å². The highest BCUT2D eigenvalue weighted by Gasteiger charge is 2.49. The number of hydrogen-bond acceptors (Lipinski definition) is 12. The van der Waals surface area contributed by atoms with Crippen molar-refractivity contribution in [3.05, 3.63) is 180 Å². The quantitative estimate of drug-likeness (QED) is 0.0629. The molecule has 0 radical (unpaired) electrons. The van der Waals surface area contributed by atoms with Gasteiger partial charge in [0, 0.05) is 58.5 Å². The van der Waals surface area contributed by atoms with Gasteiger partial charge in [0.05, 0.1) is 45.5 Å². The first kappa shape index (κ1) is 69.1. The van der Waals surface area contributed by atoms with Crippen LogP contribution in [0.2, 0.25) is 118 Å². The molecule has 0 N–H and O–H groups in total. The minimum atomic E-state index is -2.23. The Hall–Kier alpha value is -2.43. The van der Waals surface area contributed by atoms with Crippen LogP contribution in [0.3, 0.4) is 0 Å². The Morgan fingerprint density at radius 3 is 0.516 bits per heavy atom. The zero-order chi connectivity index (χ0) is 66.1. The summed E-state index contributed by atoms with van der Waals surface area (Å²) in [5.74, 6) is 0. The average molecular weight is 1590 g/mol. The molecule has 480 valence electrons. The van der Waals surface area contributed by atoms with Crippen LogP contribution in [0, 0.1) is 0 Å². The molecule has 1 aromatic carbocycles. The molecule has 0 nitrogen and oxygen atoms in total. The topological polar surface area (TPSA) is 0 Å². The highest BCUT2D eigenvalue weighted by molar-refractivity contribution is 7.61. The smallest absolute Gasteiger partial charge is 0.124 e. The molecule has 0 atom stereocenters. The third-order valence-electron chi connectivity index (χ3n) is 21.8. The van der Waals surface area contributed by atoms with Gasteiger partial charge in [-0.25, -0.2) is 0 Å². The second-order valence-electron chi connectivity index (χ2n) is 29.8. The molecule has 13 rings (SSSR count). The fourth-order valence-corrected chi connectivity index (χ4v) is 77.0. The third kappa shape index (κ3) is 12.5. The number of rotatable bonds is 21. The maximum atomic E-state index is 2.74. The highest BCUT2D eigenvalue weighted by atomic mass is 32.1. The van der Waals surface area contributed by atoms with Crippen molar-refractivity contribution >= 4 is 262 Å². The molecule has 0 aliphatic rings. The fourth-order valence-electron chi connectivity index (χ4n) is 12.5. The van der Waals surface area contributed by atoms with Crippen LogP contribution >= 0.6 is 136 Å². The van der Waals surface area contributed by atoms with Crippen LogP contribution in [-0.2, 0) is 0 Å². The Morgan fingerprint density at radius 1 is 0.183 bits per heavy atom. The van der Waals surface area contributed by atoms with Gasteiger partial charge in [0.1, 0.15) is 24.2 Å². The minimum absolute atomic E-state index is 1.40. The van der Waals surface area contributed by atoms with Crippen molar-refractivity contribution in [2.75, 3.05) is 0 Å². The van der Waals surface area contributed by atoms with Crippen molar-refractivity contribution in [1.82, 2.24) is 0 Å². The second kappa shape index (κ2) is 25.6. The first-order valence-electron chi connectivity index (χ1n) is 32.0. The van der Waals surface area contributed by atoms with E-state index >= 15 is 0 Å². The summed E-state index contributed by atoms with van der Waals surface area (Å²) < 4.78 is 14.6. The Balaban J connectivity index is 0.820. The maximum Gasteiger partial charge on any atom is 0.124 e. The zero-order valence-corrected chi connectivity index (χ0v) is 75.5. The number of hydrogen-bond donors (Lipinski definition) is 0. The zero-order valence-electron chi connectivity index (χ0n) is 56.7. The summed E-state index contributed by atoms with van der Waals surface area (Å²) in [7, 11) is -17.5.